The number of rotatable bonds is 7. The lowest BCUT2D eigenvalue weighted by atomic mass is 9.78. The van der Waals surface area contributed by atoms with Gasteiger partial charge in [-0.1, -0.05) is 79.7 Å². The largest absolute Gasteiger partial charge is 0.348 e. The van der Waals surface area contributed by atoms with Crippen molar-refractivity contribution in [3.05, 3.63) is 109 Å². The Bertz CT molecular complexity index is 1600. The van der Waals surface area contributed by atoms with Crippen molar-refractivity contribution < 1.29 is 12.8 Å². The maximum atomic E-state index is 16.1. The molecule has 188 valence electrons. The van der Waals surface area contributed by atoms with Crippen LogP contribution in [0.15, 0.2) is 108 Å². The fraction of sp³-hybridized carbons (Fsp3) is 0.172. The zero-order valence-electron chi connectivity index (χ0n) is 20.5. The maximum Gasteiger partial charge on any atom is 0.263 e. The molecule has 0 fully saturated rings. The van der Waals surface area contributed by atoms with E-state index >= 15 is 4.39 Å². The van der Waals surface area contributed by atoms with Crippen LogP contribution in [0.1, 0.15) is 19.4 Å². The maximum absolute atomic E-state index is 16.1. The van der Waals surface area contributed by atoms with E-state index < -0.39 is 27.7 Å². The normalized spacial score (nSPS) is 20.3. The Balaban J connectivity index is 1.31. The zero-order valence-corrected chi connectivity index (χ0v) is 21.3. The van der Waals surface area contributed by atoms with Crippen molar-refractivity contribution >= 4 is 38.1 Å². The highest BCUT2D eigenvalue weighted by Gasteiger charge is 2.41. The molecule has 0 spiro atoms. The molecule has 1 aromatic heterocycles. The first-order valence-electron chi connectivity index (χ1n) is 12.0. The fourth-order valence-corrected chi connectivity index (χ4v) is 5.54. The van der Waals surface area contributed by atoms with Gasteiger partial charge in [-0.3, -0.25) is 4.72 Å². The van der Waals surface area contributed by atoms with E-state index in [0.717, 1.165) is 21.9 Å². The van der Waals surface area contributed by atoms with Gasteiger partial charge in [-0.25, -0.2) is 17.8 Å². The lowest BCUT2D eigenvalue weighted by Crippen LogP contribution is -2.45. The number of alkyl halides is 1. The molecular formula is C29H27FN4O2S. The monoisotopic (exact) mass is 514 g/mol. The summed E-state index contributed by atoms with van der Waals surface area (Å²) in [6.07, 6.45) is 6.72. The lowest BCUT2D eigenvalue weighted by molar-refractivity contribution is 0.153. The molecule has 5 rings (SSSR count). The number of aromatic nitrogens is 2. The molecule has 8 heteroatoms. The summed E-state index contributed by atoms with van der Waals surface area (Å²) in [6, 6.07) is 23.1. The van der Waals surface area contributed by atoms with Crippen LogP contribution >= 0.6 is 0 Å². The van der Waals surface area contributed by atoms with Gasteiger partial charge in [0, 0.05) is 12.1 Å². The Morgan fingerprint density at radius 3 is 2.46 bits per heavy atom. The van der Waals surface area contributed by atoms with Gasteiger partial charge < -0.3 is 5.32 Å². The van der Waals surface area contributed by atoms with Crippen LogP contribution in [0.2, 0.25) is 0 Å². The summed E-state index contributed by atoms with van der Waals surface area (Å²) in [4.78, 5) is 8.58. The van der Waals surface area contributed by atoms with Gasteiger partial charge in [-0.05, 0) is 53.1 Å². The van der Waals surface area contributed by atoms with E-state index in [2.05, 4.69) is 20.0 Å². The summed E-state index contributed by atoms with van der Waals surface area (Å²) in [7, 11) is -3.88. The number of sulfonamides is 1. The molecule has 0 aliphatic heterocycles. The highest BCUT2D eigenvalue weighted by Crippen LogP contribution is 2.37. The van der Waals surface area contributed by atoms with Gasteiger partial charge in [-0.2, -0.15) is 4.98 Å². The third-order valence-electron chi connectivity index (χ3n) is 6.69. The summed E-state index contributed by atoms with van der Waals surface area (Å²) >= 11 is 0. The van der Waals surface area contributed by atoms with Crippen molar-refractivity contribution in [1.82, 2.24) is 9.97 Å². The van der Waals surface area contributed by atoms with Crippen LogP contribution in [0.25, 0.3) is 16.3 Å². The number of halogens is 1. The molecule has 1 heterocycles. The first-order valence-corrected chi connectivity index (χ1v) is 13.5. The van der Waals surface area contributed by atoms with E-state index in [0.29, 0.717) is 0 Å². The molecule has 0 saturated carbocycles. The van der Waals surface area contributed by atoms with Crippen molar-refractivity contribution in [3.8, 4) is 0 Å². The average molecular weight is 515 g/mol. The van der Waals surface area contributed by atoms with E-state index in [9.17, 15) is 8.42 Å². The molecule has 0 bridgehead atoms. The molecule has 1 aliphatic carbocycles. The van der Waals surface area contributed by atoms with Crippen LogP contribution < -0.4 is 10.0 Å². The molecule has 0 amide bonds. The van der Waals surface area contributed by atoms with Crippen LogP contribution in [-0.4, -0.2) is 30.1 Å². The standard InChI is InChI=1S/C29H27FN4O2S/c1-20-18-25(22-8-4-3-5-9-22)14-16-29(20,30)21(2)32-28-31-17-15-27(33-28)34-37(35,36)26-13-12-23-10-6-7-11-24(23)19-26/h3-21H,1-2H3,(H2,31,32,33,34). The molecule has 0 radical (unpaired) electrons. The van der Waals surface area contributed by atoms with Gasteiger partial charge in [0.2, 0.25) is 5.95 Å². The minimum Gasteiger partial charge on any atom is -0.348 e. The van der Waals surface area contributed by atoms with Crippen molar-refractivity contribution in [3.63, 3.8) is 0 Å². The Hall–Kier alpha value is -4.04. The summed E-state index contributed by atoms with van der Waals surface area (Å²) in [5.41, 5.74) is 0.306. The lowest BCUT2D eigenvalue weighted by Gasteiger charge is -2.36. The molecule has 3 unspecified atom stereocenters. The number of hydrogen-bond donors (Lipinski definition) is 2. The Morgan fingerprint density at radius 2 is 1.70 bits per heavy atom. The summed E-state index contributed by atoms with van der Waals surface area (Å²) < 4.78 is 44.6. The van der Waals surface area contributed by atoms with E-state index in [1.807, 2.05) is 67.6 Å². The first kappa shape index (κ1) is 24.6. The van der Waals surface area contributed by atoms with Crippen molar-refractivity contribution in [2.75, 3.05) is 10.0 Å². The molecule has 3 atom stereocenters. The van der Waals surface area contributed by atoms with Gasteiger partial charge in [0.15, 0.2) is 5.67 Å². The van der Waals surface area contributed by atoms with Gasteiger partial charge in [-0.15, -0.1) is 0 Å². The first-order chi connectivity index (χ1) is 17.7. The van der Waals surface area contributed by atoms with Gasteiger partial charge in [0.1, 0.15) is 5.82 Å². The van der Waals surface area contributed by atoms with E-state index in [4.69, 9.17) is 0 Å². The number of allylic oxidation sites excluding steroid dienone is 3. The molecule has 2 N–H and O–H groups in total. The second-order valence-electron chi connectivity index (χ2n) is 9.18. The van der Waals surface area contributed by atoms with Crippen LogP contribution in [-0.2, 0) is 10.0 Å². The molecule has 1 aliphatic rings. The molecule has 4 aromatic rings. The van der Waals surface area contributed by atoms with E-state index in [1.54, 1.807) is 37.3 Å². The summed E-state index contributed by atoms with van der Waals surface area (Å²) in [5.74, 6) is -0.198. The number of benzene rings is 3. The molecular weight excluding hydrogens is 487 g/mol. The van der Waals surface area contributed by atoms with Crippen LogP contribution in [0, 0.1) is 5.92 Å². The minimum atomic E-state index is -3.88. The predicted octanol–water partition coefficient (Wildman–Crippen LogP) is 6.23. The minimum absolute atomic E-state index is 0.0873. The highest BCUT2D eigenvalue weighted by atomic mass is 32.2. The molecule has 37 heavy (non-hydrogen) atoms. The third-order valence-corrected chi connectivity index (χ3v) is 8.04. The van der Waals surface area contributed by atoms with Crippen molar-refractivity contribution in [2.24, 2.45) is 5.92 Å². The summed E-state index contributed by atoms with van der Waals surface area (Å²) in [5, 5.41) is 4.78. The van der Waals surface area contributed by atoms with Crippen molar-refractivity contribution in [1.29, 1.82) is 0 Å². The second-order valence-corrected chi connectivity index (χ2v) is 10.9. The quantitative estimate of drug-likeness (QED) is 0.306. The zero-order chi connectivity index (χ0) is 26.0. The van der Waals surface area contributed by atoms with E-state index in [1.165, 1.54) is 12.3 Å². The average Bonchev–Trinajstić information content (AvgIpc) is 2.90. The van der Waals surface area contributed by atoms with Crippen LogP contribution in [0.4, 0.5) is 16.2 Å². The SMILES string of the molecule is CC1C=C(c2ccccc2)C=CC1(F)C(C)Nc1nccc(NS(=O)(=O)c2ccc3ccccc3c2)n1. The number of nitrogens with one attached hydrogen (secondary N) is 2. The predicted molar refractivity (Wildman–Crippen MR) is 146 cm³/mol. The highest BCUT2D eigenvalue weighted by molar-refractivity contribution is 7.92. The van der Waals surface area contributed by atoms with Gasteiger partial charge >= 0.3 is 0 Å². The van der Waals surface area contributed by atoms with Crippen molar-refractivity contribution in [2.45, 2.75) is 30.5 Å². The Kier molecular flexibility index (Phi) is 6.52. The van der Waals surface area contributed by atoms with Gasteiger partial charge in [0.05, 0.1) is 10.9 Å². The molecule has 3 aromatic carbocycles. The van der Waals surface area contributed by atoms with Gasteiger partial charge in [0.25, 0.3) is 10.0 Å². The Labute approximate surface area is 216 Å². The summed E-state index contributed by atoms with van der Waals surface area (Å²) in [6.45, 7) is 3.55. The molecule has 6 nitrogen and oxygen atoms in total. The topological polar surface area (TPSA) is 84.0 Å². The van der Waals surface area contributed by atoms with E-state index in [-0.39, 0.29) is 16.7 Å². The second kappa shape index (κ2) is 9.78. The van der Waals surface area contributed by atoms with Crippen LogP contribution in [0.5, 0.6) is 0 Å². The number of hydrogen-bond acceptors (Lipinski definition) is 5. The smallest absolute Gasteiger partial charge is 0.263 e. The number of fused-ring (bicyclic) bond motifs is 1. The number of nitrogens with zero attached hydrogens (tertiary/aromatic N) is 2. The Morgan fingerprint density at radius 1 is 0.973 bits per heavy atom. The van der Waals surface area contributed by atoms with Crippen LogP contribution in [0.3, 0.4) is 0 Å². The molecule has 0 saturated heterocycles. The number of anilines is 2. The third kappa shape index (κ3) is 5.11. The fourth-order valence-electron chi connectivity index (χ4n) is 4.50.